The lowest BCUT2D eigenvalue weighted by atomic mass is 10.0. The molecule has 5 nitrogen and oxygen atoms in total. The van der Waals surface area contributed by atoms with Crippen LogP contribution < -0.4 is 10.1 Å². The molecule has 1 rings (SSSR count). The van der Waals surface area contributed by atoms with Gasteiger partial charge in [-0.05, 0) is 26.0 Å². The summed E-state index contributed by atoms with van der Waals surface area (Å²) in [6, 6.07) is 5.51. The van der Waals surface area contributed by atoms with Gasteiger partial charge in [0.2, 0.25) is 0 Å². The number of nitrogens with one attached hydrogen (secondary N) is 1. The number of amides is 1. The predicted octanol–water partition coefficient (Wildman–Crippen LogP) is 1.59. The zero-order chi connectivity index (χ0) is 14.6. The molecule has 6 heteroatoms. The average molecular weight is 283 g/mol. The number of thiol groups is 1. The fourth-order valence-corrected chi connectivity index (χ4v) is 1.76. The van der Waals surface area contributed by atoms with Crippen LogP contribution in [0.1, 0.15) is 24.2 Å². The Morgan fingerprint density at radius 3 is 2.42 bits per heavy atom. The zero-order valence-electron chi connectivity index (χ0n) is 11.0. The Balaban J connectivity index is 2.98. The summed E-state index contributed by atoms with van der Waals surface area (Å²) >= 11 is 4.20. The fraction of sp³-hybridized carbons (Fsp3) is 0.385. The maximum Gasteiger partial charge on any atom is 0.327 e. The van der Waals surface area contributed by atoms with E-state index in [-0.39, 0.29) is 5.56 Å². The summed E-state index contributed by atoms with van der Waals surface area (Å²) in [4.78, 5) is 23.3. The molecule has 0 saturated heterocycles. The minimum absolute atomic E-state index is 0.286. The number of carboxylic acid groups (broad SMARTS) is 1. The van der Waals surface area contributed by atoms with Crippen LogP contribution in [0.15, 0.2) is 24.3 Å². The van der Waals surface area contributed by atoms with Gasteiger partial charge in [-0.2, -0.15) is 12.6 Å². The lowest BCUT2D eigenvalue weighted by Crippen LogP contribution is -2.51. The molecule has 2 N–H and O–H groups in total. The molecule has 1 aromatic rings. The molecular weight excluding hydrogens is 266 g/mol. The molecule has 0 saturated carbocycles. The lowest BCUT2D eigenvalue weighted by molar-refractivity contribution is -0.139. The number of carbonyl (C=O) groups excluding carboxylic acids is 1. The van der Waals surface area contributed by atoms with Gasteiger partial charge >= 0.3 is 5.97 Å². The first-order chi connectivity index (χ1) is 8.77. The van der Waals surface area contributed by atoms with Gasteiger partial charge in [0, 0.05) is 4.75 Å². The molecule has 1 atom stereocenters. The van der Waals surface area contributed by atoms with Crippen molar-refractivity contribution in [1.82, 2.24) is 5.32 Å². The molecule has 19 heavy (non-hydrogen) atoms. The lowest BCUT2D eigenvalue weighted by Gasteiger charge is -2.27. The van der Waals surface area contributed by atoms with E-state index in [2.05, 4.69) is 17.9 Å². The van der Waals surface area contributed by atoms with Crippen molar-refractivity contribution in [2.45, 2.75) is 24.6 Å². The van der Waals surface area contributed by atoms with Crippen molar-refractivity contribution in [3.63, 3.8) is 0 Å². The molecule has 1 amide bonds. The highest BCUT2D eigenvalue weighted by Gasteiger charge is 2.34. The third kappa shape index (κ3) is 3.89. The van der Waals surface area contributed by atoms with Crippen molar-refractivity contribution in [3.8, 4) is 5.75 Å². The van der Waals surface area contributed by atoms with Crippen LogP contribution in [0.3, 0.4) is 0 Å². The van der Waals surface area contributed by atoms with Gasteiger partial charge in [0.05, 0.1) is 12.7 Å². The third-order valence-corrected chi connectivity index (χ3v) is 2.84. The first-order valence-corrected chi connectivity index (χ1v) is 6.11. The Hall–Kier alpha value is -1.69. The zero-order valence-corrected chi connectivity index (χ0v) is 11.9. The molecule has 0 fully saturated rings. The van der Waals surface area contributed by atoms with E-state index in [4.69, 9.17) is 9.84 Å². The number of ether oxygens (including phenoxy) is 1. The number of rotatable bonds is 5. The van der Waals surface area contributed by atoms with Crippen LogP contribution >= 0.6 is 12.6 Å². The van der Waals surface area contributed by atoms with Gasteiger partial charge in [-0.25, -0.2) is 4.79 Å². The van der Waals surface area contributed by atoms with Gasteiger partial charge < -0.3 is 15.2 Å². The summed E-state index contributed by atoms with van der Waals surface area (Å²) in [5.74, 6) is -1.25. The highest BCUT2D eigenvalue weighted by atomic mass is 32.1. The molecule has 0 aliphatic rings. The van der Waals surface area contributed by atoms with E-state index in [9.17, 15) is 9.59 Å². The second-order valence-corrected chi connectivity index (χ2v) is 5.75. The van der Waals surface area contributed by atoms with Crippen LogP contribution in [-0.4, -0.2) is 34.9 Å². The fourth-order valence-electron chi connectivity index (χ4n) is 1.58. The van der Waals surface area contributed by atoms with Crippen molar-refractivity contribution in [1.29, 1.82) is 0 Å². The van der Waals surface area contributed by atoms with Crippen LogP contribution in [0.2, 0.25) is 0 Å². The summed E-state index contributed by atoms with van der Waals surface area (Å²) in [7, 11) is 1.45. The molecule has 1 aromatic carbocycles. The normalized spacial score (nSPS) is 12.6. The van der Waals surface area contributed by atoms with E-state index in [1.165, 1.54) is 7.11 Å². The Kier molecular flexibility index (Phi) is 4.83. The largest absolute Gasteiger partial charge is 0.496 e. The van der Waals surface area contributed by atoms with E-state index >= 15 is 0 Å². The quantitative estimate of drug-likeness (QED) is 0.717. The van der Waals surface area contributed by atoms with Gasteiger partial charge in [-0.1, -0.05) is 12.1 Å². The minimum atomic E-state index is -1.14. The Labute approximate surface area is 117 Å². The molecule has 1 unspecified atom stereocenters. The van der Waals surface area contributed by atoms with Gasteiger partial charge in [-0.15, -0.1) is 0 Å². The van der Waals surface area contributed by atoms with Gasteiger partial charge in [0.1, 0.15) is 11.8 Å². The summed E-state index contributed by atoms with van der Waals surface area (Å²) in [5.41, 5.74) is 0.286. The second-order valence-electron chi connectivity index (χ2n) is 4.60. The summed E-state index contributed by atoms with van der Waals surface area (Å²) in [5, 5.41) is 11.6. The van der Waals surface area contributed by atoms with Crippen LogP contribution in [0.4, 0.5) is 0 Å². The van der Waals surface area contributed by atoms with Crippen LogP contribution in [0.25, 0.3) is 0 Å². The molecule has 0 spiro atoms. The van der Waals surface area contributed by atoms with Gasteiger partial charge in [0.15, 0.2) is 0 Å². The van der Waals surface area contributed by atoms with E-state index in [1.54, 1.807) is 38.1 Å². The summed E-state index contributed by atoms with van der Waals surface area (Å²) in [6.07, 6.45) is 0. The number of para-hydroxylation sites is 1. The second kappa shape index (κ2) is 5.97. The average Bonchev–Trinajstić information content (AvgIpc) is 2.33. The number of benzene rings is 1. The number of aliphatic carboxylic acids is 1. The monoisotopic (exact) mass is 283 g/mol. The van der Waals surface area contributed by atoms with E-state index < -0.39 is 22.7 Å². The molecule has 0 aliphatic carbocycles. The molecule has 0 bridgehead atoms. The summed E-state index contributed by atoms with van der Waals surface area (Å²) < 4.78 is 4.18. The maximum absolute atomic E-state index is 12.1. The molecule has 0 aliphatic heterocycles. The first-order valence-electron chi connectivity index (χ1n) is 5.66. The highest BCUT2D eigenvalue weighted by Crippen LogP contribution is 2.21. The number of carbonyl (C=O) groups is 2. The van der Waals surface area contributed by atoms with Crippen molar-refractivity contribution >= 4 is 24.5 Å². The Morgan fingerprint density at radius 1 is 1.37 bits per heavy atom. The van der Waals surface area contributed by atoms with E-state index in [0.717, 1.165) is 0 Å². The van der Waals surface area contributed by atoms with Crippen molar-refractivity contribution in [3.05, 3.63) is 29.8 Å². The predicted molar refractivity (Wildman–Crippen MR) is 74.9 cm³/mol. The van der Waals surface area contributed by atoms with Crippen molar-refractivity contribution in [2.75, 3.05) is 7.11 Å². The van der Waals surface area contributed by atoms with E-state index in [1.807, 2.05) is 0 Å². The molecular formula is C13H17NO4S. The smallest absolute Gasteiger partial charge is 0.327 e. The minimum Gasteiger partial charge on any atom is -0.496 e. The first kappa shape index (κ1) is 15.4. The van der Waals surface area contributed by atoms with E-state index in [0.29, 0.717) is 5.75 Å². The Morgan fingerprint density at radius 2 is 1.95 bits per heavy atom. The number of methoxy groups -OCH3 is 1. The standard InChI is InChI=1S/C13H17NO4S/c1-13(2,19)10(12(16)17)14-11(15)8-6-4-5-7-9(8)18-3/h4-7,10,19H,1-3H3,(H,14,15)(H,16,17). The molecule has 0 heterocycles. The Bertz CT molecular complexity index is 482. The number of hydrogen-bond donors (Lipinski definition) is 3. The SMILES string of the molecule is COc1ccccc1C(=O)NC(C(=O)O)C(C)(C)S. The van der Waals surface area contributed by atoms with Gasteiger partial charge in [0.25, 0.3) is 5.91 Å². The third-order valence-electron chi connectivity index (χ3n) is 2.58. The highest BCUT2D eigenvalue weighted by molar-refractivity contribution is 7.81. The van der Waals surface area contributed by atoms with Crippen molar-refractivity contribution < 1.29 is 19.4 Å². The maximum atomic E-state index is 12.1. The van der Waals surface area contributed by atoms with Crippen molar-refractivity contribution in [2.24, 2.45) is 0 Å². The van der Waals surface area contributed by atoms with Crippen LogP contribution in [0, 0.1) is 0 Å². The van der Waals surface area contributed by atoms with Crippen LogP contribution in [-0.2, 0) is 4.79 Å². The summed E-state index contributed by atoms with van der Waals surface area (Å²) in [6.45, 7) is 3.24. The number of hydrogen-bond acceptors (Lipinski definition) is 4. The van der Waals surface area contributed by atoms with Crippen LogP contribution in [0.5, 0.6) is 5.75 Å². The molecule has 0 radical (unpaired) electrons. The number of carboxylic acids is 1. The van der Waals surface area contributed by atoms with Gasteiger partial charge in [-0.3, -0.25) is 4.79 Å². The molecule has 0 aromatic heterocycles. The topological polar surface area (TPSA) is 75.6 Å². The molecule has 104 valence electrons.